The second kappa shape index (κ2) is 7.13. The SMILES string of the molecule is CC(C)N1CCC(CN(C)Cc2ccc(Cl)cc2Cl)C1. The monoisotopic (exact) mass is 314 g/mol. The van der Waals surface area contributed by atoms with Crippen LogP contribution in [0.15, 0.2) is 18.2 Å². The van der Waals surface area contributed by atoms with Gasteiger partial charge in [0.1, 0.15) is 0 Å². The van der Waals surface area contributed by atoms with Crippen molar-refractivity contribution in [2.45, 2.75) is 32.9 Å². The summed E-state index contributed by atoms with van der Waals surface area (Å²) in [7, 11) is 2.17. The van der Waals surface area contributed by atoms with Crippen LogP contribution in [0.25, 0.3) is 0 Å². The minimum Gasteiger partial charge on any atom is -0.302 e. The van der Waals surface area contributed by atoms with E-state index in [1.54, 1.807) is 0 Å². The highest BCUT2D eigenvalue weighted by molar-refractivity contribution is 6.35. The van der Waals surface area contributed by atoms with Crippen LogP contribution in [0.4, 0.5) is 0 Å². The van der Waals surface area contributed by atoms with E-state index in [1.807, 2.05) is 18.2 Å². The Morgan fingerprint density at radius 1 is 1.35 bits per heavy atom. The van der Waals surface area contributed by atoms with Crippen molar-refractivity contribution in [2.24, 2.45) is 5.92 Å². The van der Waals surface area contributed by atoms with E-state index < -0.39 is 0 Å². The molecule has 1 heterocycles. The maximum atomic E-state index is 6.24. The Bertz CT molecular complexity index is 448. The molecular weight excluding hydrogens is 291 g/mol. The van der Waals surface area contributed by atoms with Gasteiger partial charge in [0.2, 0.25) is 0 Å². The molecule has 1 unspecified atom stereocenters. The summed E-state index contributed by atoms with van der Waals surface area (Å²) in [5.41, 5.74) is 1.15. The van der Waals surface area contributed by atoms with E-state index in [1.165, 1.54) is 19.5 Å². The third-order valence-electron chi connectivity index (χ3n) is 4.07. The molecule has 2 nitrogen and oxygen atoms in total. The van der Waals surface area contributed by atoms with Gasteiger partial charge in [0.15, 0.2) is 0 Å². The first kappa shape index (κ1) is 16.1. The smallest absolute Gasteiger partial charge is 0.0465 e. The molecule has 0 aliphatic carbocycles. The van der Waals surface area contributed by atoms with Crippen LogP contribution in [-0.2, 0) is 6.54 Å². The third-order valence-corrected chi connectivity index (χ3v) is 4.66. The average Bonchev–Trinajstić information content (AvgIpc) is 2.81. The second-order valence-electron chi connectivity index (χ2n) is 6.18. The lowest BCUT2D eigenvalue weighted by molar-refractivity contribution is 0.235. The Kier molecular flexibility index (Phi) is 5.74. The summed E-state index contributed by atoms with van der Waals surface area (Å²) in [6.45, 7) is 9.02. The fourth-order valence-electron chi connectivity index (χ4n) is 2.93. The molecule has 0 bridgehead atoms. The Morgan fingerprint density at radius 3 is 2.70 bits per heavy atom. The number of halogens is 2. The standard InChI is InChI=1S/C16H24Cl2N2/c1-12(2)20-7-6-13(10-20)9-19(3)11-14-4-5-15(17)8-16(14)18/h4-5,8,12-13H,6-7,9-11H2,1-3H3. The van der Waals surface area contributed by atoms with Crippen LogP contribution < -0.4 is 0 Å². The normalized spacial score (nSPS) is 20.2. The van der Waals surface area contributed by atoms with Gasteiger partial charge in [0, 0.05) is 35.7 Å². The molecule has 0 amide bonds. The molecule has 2 rings (SSSR count). The number of benzene rings is 1. The second-order valence-corrected chi connectivity index (χ2v) is 7.02. The van der Waals surface area contributed by atoms with Crippen molar-refractivity contribution in [3.63, 3.8) is 0 Å². The maximum absolute atomic E-state index is 6.24. The zero-order valence-corrected chi connectivity index (χ0v) is 14.1. The molecule has 1 aliphatic rings. The van der Waals surface area contributed by atoms with Crippen LogP contribution in [0.1, 0.15) is 25.8 Å². The van der Waals surface area contributed by atoms with E-state index in [0.717, 1.165) is 29.6 Å². The Balaban J connectivity index is 1.85. The van der Waals surface area contributed by atoms with E-state index in [-0.39, 0.29) is 0 Å². The number of hydrogen-bond acceptors (Lipinski definition) is 2. The molecule has 1 saturated heterocycles. The van der Waals surface area contributed by atoms with Gasteiger partial charge >= 0.3 is 0 Å². The lowest BCUT2D eigenvalue weighted by Gasteiger charge is -2.23. The van der Waals surface area contributed by atoms with E-state index in [2.05, 4.69) is 30.7 Å². The zero-order valence-electron chi connectivity index (χ0n) is 12.6. The number of hydrogen-bond donors (Lipinski definition) is 0. The number of nitrogens with zero attached hydrogens (tertiary/aromatic N) is 2. The van der Waals surface area contributed by atoms with Gasteiger partial charge in [-0.05, 0) is 57.5 Å². The van der Waals surface area contributed by atoms with Gasteiger partial charge in [-0.1, -0.05) is 29.3 Å². The van der Waals surface area contributed by atoms with E-state index in [9.17, 15) is 0 Å². The van der Waals surface area contributed by atoms with Crippen LogP contribution in [0.5, 0.6) is 0 Å². The van der Waals surface area contributed by atoms with E-state index in [4.69, 9.17) is 23.2 Å². The zero-order chi connectivity index (χ0) is 14.7. The van der Waals surface area contributed by atoms with E-state index in [0.29, 0.717) is 11.1 Å². The van der Waals surface area contributed by atoms with Crippen LogP contribution >= 0.6 is 23.2 Å². The topological polar surface area (TPSA) is 6.48 Å². The first-order valence-electron chi connectivity index (χ1n) is 7.32. The van der Waals surface area contributed by atoms with E-state index >= 15 is 0 Å². The van der Waals surface area contributed by atoms with Gasteiger partial charge in [0.25, 0.3) is 0 Å². The highest BCUT2D eigenvalue weighted by atomic mass is 35.5. The van der Waals surface area contributed by atoms with Gasteiger partial charge in [-0.25, -0.2) is 0 Å². The van der Waals surface area contributed by atoms with Crippen molar-refractivity contribution >= 4 is 23.2 Å². The fraction of sp³-hybridized carbons (Fsp3) is 0.625. The summed E-state index contributed by atoms with van der Waals surface area (Å²) in [5, 5.41) is 1.46. The van der Waals surface area contributed by atoms with Crippen molar-refractivity contribution in [2.75, 3.05) is 26.7 Å². The van der Waals surface area contributed by atoms with Crippen LogP contribution in [0.3, 0.4) is 0 Å². The Morgan fingerprint density at radius 2 is 2.10 bits per heavy atom. The molecule has 0 saturated carbocycles. The molecule has 1 fully saturated rings. The first-order valence-corrected chi connectivity index (χ1v) is 8.08. The first-order chi connectivity index (χ1) is 9.45. The van der Waals surface area contributed by atoms with Gasteiger partial charge in [-0.15, -0.1) is 0 Å². The van der Waals surface area contributed by atoms with Crippen LogP contribution in [0, 0.1) is 5.92 Å². The molecule has 1 aromatic carbocycles. The molecule has 20 heavy (non-hydrogen) atoms. The minimum atomic E-state index is 0.663. The highest BCUT2D eigenvalue weighted by Gasteiger charge is 2.25. The van der Waals surface area contributed by atoms with Gasteiger partial charge in [-0.2, -0.15) is 0 Å². The summed E-state index contributed by atoms with van der Waals surface area (Å²) in [4.78, 5) is 4.93. The summed E-state index contributed by atoms with van der Waals surface area (Å²) in [6, 6.07) is 6.42. The molecule has 4 heteroatoms. The molecule has 0 radical (unpaired) electrons. The average molecular weight is 315 g/mol. The third kappa shape index (κ3) is 4.36. The predicted molar refractivity (Wildman–Crippen MR) is 87.6 cm³/mol. The summed E-state index contributed by atoms with van der Waals surface area (Å²) in [6.07, 6.45) is 1.30. The molecule has 0 spiro atoms. The number of likely N-dealkylation sites (tertiary alicyclic amines) is 1. The fourth-order valence-corrected chi connectivity index (χ4v) is 3.39. The lowest BCUT2D eigenvalue weighted by Crippen LogP contribution is -2.31. The Labute approximate surface area is 132 Å². The summed E-state index contributed by atoms with van der Waals surface area (Å²) >= 11 is 12.2. The summed E-state index contributed by atoms with van der Waals surface area (Å²) < 4.78 is 0. The van der Waals surface area contributed by atoms with Crippen molar-refractivity contribution in [3.05, 3.63) is 33.8 Å². The predicted octanol–water partition coefficient (Wildman–Crippen LogP) is 4.16. The quantitative estimate of drug-likeness (QED) is 0.805. The molecule has 1 aliphatic heterocycles. The number of rotatable bonds is 5. The molecule has 112 valence electrons. The van der Waals surface area contributed by atoms with Gasteiger partial charge in [-0.3, -0.25) is 0 Å². The van der Waals surface area contributed by atoms with Crippen molar-refractivity contribution in [1.29, 1.82) is 0 Å². The summed E-state index contributed by atoms with van der Waals surface area (Å²) in [5.74, 6) is 0.772. The van der Waals surface area contributed by atoms with Crippen molar-refractivity contribution < 1.29 is 0 Å². The molecular formula is C16H24Cl2N2. The molecule has 1 aromatic rings. The molecule has 1 atom stereocenters. The van der Waals surface area contributed by atoms with Crippen molar-refractivity contribution in [1.82, 2.24) is 9.80 Å². The maximum Gasteiger partial charge on any atom is 0.0465 e. The van der Waals surface area contributed by atoms with Crippen LogP contribution in [-0.4, -0.2) is 42.5 Å². The molecule has 0 N–H and O–H groups in total. The lowest BCUT2D eigenvalue weighted by atomic mass is 10.1. The Hall–Kier alpha value is -0.280. The van der Waals surface area contributed by atoms with Crippen LogP contribution in [0.2, 0.25) is 10.0 Å². The molecule has 0 aromatic heterocycles. The minimum absolute atomic E-state index is 0.663. The largest absolute Gasteiger partial charge is 0.302 e. The van der Waals surface area contributed by atoms with Gasteiger partial charge < -0.3 is 9.80 Å². The van der Waals surface area contributed by atoms with Crippen molar-refractivity contribution in [3.8, 4) is 0 Å². The van der Waals surface area contributed by atoms with Gasteiger partial charge in [0.05, 0.1) is 0 Å². The highest BCUT2D eigenvalue weighted by Crippen LogP contribution is 2.24.